The Kier molecular flexibility index (Phi) is 2.59. The molecule has 4 N–H and O–H groups in total. The number of hydrogen-bond acceptors (Lipinski definition) is 5. The number of carbonyl (C=O) groups is 1. The van der Waals surface area contributed by atoms with Crippen LogP contribution in [0.4, 0.5) is 11.5 Å². The lowest BCUT2D eigenvalue weighted by molar-refractivity contribution is 0.0303. The zero-order valence-electron chi connectivity index (χ0n) is 10.0. The van der Waals surface area contributed by atoms with Crippen molar-refractivity contribution in [1.29, 1.82) is 0 Å². The number of pyridine rings is 1. The monoisotopic (exact) mass is 248 g/mol. The highest BCUT2D eigenvalue weighted by molar-refractivity contribution is 5.91. The van der Waals surface area contributed by atoms with E-state index in [1.165, 1.54) is 0 Å². The first-order chi connectivity index (χ1) is 8.63. The minimum atomic E-state index is -0.535. The summed E-state index contributed by atoms with van der Waals surface area (Å²) in [6.45, 7) is 1.55. The summed E-state index contributed by atoms with van der Waals surface area (Å²) in [5, 5.41) is 0. The highest BCUT2D eigenvalue weighted by Crippen LogP contribution is 2.31. The molecule has 0 spiro atoms. The fourth-order valence-corrected chi connectivity index (χ4v) is 2.64. The molecule has 3 heterocycles. The Morgan fingerprint density at radius 2 is 2.00 bits per heavy atom. The number of aromatic nitrogens is 1. The number of anilines is 2. The summed E-state index contributed by atoms with van der Waals surface area (Å²) in [5.41, 5.74) is 12.0. The number of primary amides is 1. The minimum Gasteiger partial charge on any atom is -0.396 e. The molecular weight excluding hydrogens is 232 g/mol. The van der Waals surface area contributed by atoms with Gasteiger partial charge in [0, 0.05) is 13.1 Å². The van der Waals surface area contributed by atoms with Gasteiger partial charge in [0.15, 0.2) is 5.82 Å². The molecule has 2 fully saturated rings. The van der Waals surface area contributed by atoms with Gasteiger partial charge in [0.1, 0.15) is 5.69 Å². The molecule has 2 bridgehead atoms. The van der Waals surface area contributed by atoms with E-state index in [-0.39, 0.29) is 17.9 Å². The SMILES string of the molecule is NC(=O)c1ccc(N)c(N2CC3CCC(C2)O3)n1. The van der Waals surface area contributed by atoms with Crippen LogP contribution < -0.4 is 16.4 Å². The van der Waals surface area contributed by atoms with Crippen molar-refractivity contribution < 1.29 is 9.53 Å². The number of rotatable bonds is 2. The van der Waals surface area contributed by atoms with Crippen molar-refractivity contribution in [2.45, 2.75) is 25.0 Å². The predicted octanol–water partition coefficient (Wildman–Crippen LogP) is 0.130. The van der Waals surface area contributed by atoms with E-state index >= 15 is 0 Å². The molecule has 2 aliphatic rings. The fourth-order valence-electron chi connectivity index (χ4n) is 2.64. The van der Waals surface area contributed by atoms with Gasteiger partial charge in [-0.15, -0.1) is 0 Å². The molecule has 6 heteroatoms. The number of fused-ring (bicyclic) bond motifs is 2. The van der Waals surface area contributed by atoms with E-state index in [9.17, 15) is 4.79 Å². The van der Waals surface area contributed by atoms with Crippen molar-refractivity contribution in [2.24, 2.45) is 5.73 Å². The van der Waals surface area contributed by atoms with Gasteiger partial charge in [0.2, 0.25) is 0 Å². The maximum absolute atomic E-state index is 11.2. The predicted molar refractivity (Wildman–Crippen MR) is 67.3 cm³/mol. The molecule has 1 aromatic heterocycles. The topological polar surface area (TPSA) is 94.5 Å². The second-order valence-corrected chi connectivity index (χ2v) is 4.84. The van der Waals surface area contributed by atoms with E-state index in [1.54, 1.807) is 12.1 Å². The van der Waals surface area contributed by atoms with E-state index in [0.717, 1.165) is 25.9 Å². The lowest BCUT2D eigenvalue weighted by atomic mass is 10.2. The van der Waals surface area contributed by atoms with Gasteiger partial charge in [-0.05, 0) is 25.0 Å². The Morgan fingerprint density at radius 3 is 2.61 bits per heavy atom. The summed E-state index contributed by atoms with van der Waals surface area (Å²) in [6.07, 6.45) is 2.66. The van der Waals surface area contributed by atoms with E-state index in [1.807, 2.05) is 0 Å². The van der Waals surface area contributed by atoms with Gasteiger partial charge in [0.05, 0.1) is 17.9 Å². The molecule has 2 aliphatic heterocycles. The maximum Gasteiger partial charge on any atom is 0.267 e. The molecule has 0 saturated carbocycles. The van der Waals surface area contributed by atoms with Crippen LogP contribution in [0.15, 0.2) is 12.1 Å². The number of carbonyl (C=O) groups excluding carboxylic acids is 1. The number of morpholine rings is 1. The second kappa shape index (κ2) is 4.13. The lowest BCUT2D eigenvalue weighted by Gasteiger charge is -2.33. The Balaban J connectivity index is 1.91. The number of hydrogen-bond donors (Lipinski definition) is 2. The maximum atomic E-state index is 11.2. The fraction of sp³-hybridized carbons (Fsp3) is 0.500. The lowest BCUT2D eigenvalue weighted by Crippen LogP contribution is -2.43. The van der Waals surface area contributed by atoms with Crippen LogP contribution in [0.1, 0.15) is 23.3 Å². The van der Waals surface area contributed by atoms with E-state index < -0.39 is 5.91 Å². The number of amides is 1. The third kappa shape index (κ3) is 1.88. The molecule has 96 valence electrons. The largest absolute Gasteiger partial charge is 0.396 e. The Morgan fingerprint density at radius 1 is 1.33 bits per heavy atom. The van der Waals surface area contributed by atoms with Gasteiger partial charge in [0.25, 0.3) is 5.91 Å². The smallest absolute Gasteiger partial charge is 0.267 e. The summed E-state index contributed by atoms with van der Waals surface area (Å²) < 4.78 is 5.76. The molecule has 3 rings (SSSR count). The van der Waals surface area contributed by atoms with Crippen LogP contribution >= 0.6 is 0 Å². The Hall–Kier alpha value is -1.82. The van der Waals surface area contributed by atoms with Crippen LogP contribution in [0.25, 0.3) is 0 Å². The molecule has 18 heavy (non-hydrogen) atoms. The van der Waals surface area contributed by atoms with Crippen LogP contribution in [-0.4, -0.2) is 36.2 Å². The molecule has 6 nitrogen and oxygen atoms in total. The minimum absolute atomic E-state index is 0.248. The van der Waals surface area contributed by atoms with Gasteiger partial charge < -0.3 is 21.1 Å². The Bertz CT molecular complexity index is 479. The van der Waals surface area contributed by atoms with Crippen LogP contribution in [0.3, 0.4) is 0 Å². The molecular formula is C12H16N4O2. The molecule has 1 aromatic rings. The molecule has 2 atom stereocenters. The van der Waals surface area contributed by atoms with Crippen molar-refractivity contribution in [3.05, 3.63) is 17.8 Å². The van der Waals surface area contributed by atoms with E-state index in [4.69, 9.17) is 16.2 Å². The summed E-state index contributed by atoms with van der Waals surface area (Å²) in [4.78, 5) is 17.5. The first kappa shape index (κ1) is 11.3. The molecule has 1 amide bonds. The van der Waals surface area contributed by atoms with E-state index in [0.29, 0.717) is 11.5 Å². The first-order valence-corrected chi connectivity index (χ1v) is 6.10. The van der Waals surface area contributed by atoms with Gasteiger partial charge in [-0.2, -0.15) is 0 Å². The Labute approximate surface area is 105 Å². The van der Waals surface area contributed by atoms with Crippen molar-refractivity contribution in [2.75, 3.05) is 23.7 Å². The van der Waals surface area contributed by atoms with Crippen LogP contribution in [-0.2, 0) is 4.74 Å². The van der Waals surface area contributed by atoms with Gasteiger partial charge in [-0.3, -0.25) is 4.79 Å². The van der Waals surface area contributed by atoms with Crippen molar-refractivity contribution in [3.63, 3.8) is 0 Å². The zero-order chi connectivity index (χ0) is 12.7. The molecule has 0 aliphatic carbocycles. The first-order valence-electron chi connectivity index (χ1n) is 6.10. The van der Waals surface area contributed by atoms with Crippen LogP contribution in [0, 0.1) is 0 Å². The summed E-state index contributed by atoms with van der Waals surface area (Å²) in [5.74, 6) is 0.110. The molecule has 0 radical (unpaired) electrons. The van der Waals surface area contributed by atoms with Gasteiger partial charge in [-0.1, -0.05) is 0 Å². The van der Waals surface area contributed by atoms with Crippen molar-refractivity contribution in [3.8, 4) is 0 Å². The number of ether oxygens (including phenoxy) is 1. The molecule has 2 saturated heterocycles. The third-order valence-electron chi connectivity index (χ3n) is 3.50. The zero-order valence-corrected chi connectivity index (χ0v) is 10.0. The standard InChI is InChI=1S/C12H16N4O2/c13-9-3-4-10(11(14)17)15-12(9)16-5-7-1-2-8(6-16)18-7/h3-4,7-8H,1-2,5-6,13H2,(H2,14,17). The highest BCUT2D eigenvalue weighted by atomic mass is 16.5. The highest BCUT2D eigenvalue weighted by Gasteiger charge is 2.34. The number of nitrogens with two attached hydrogens (primary N) is 2. The quantitative estimate of drug-likeness (QED) is 0.775. The second-order valence-electron chi connectivity index (χ2n) is 4.84. The molecule has 2 unspecified atom stereocenters. The van der Waals surface area contributed by atoms with Crippen molar-refractivity contribution in [1.82, 2.24) is 4.98 Å². The normalized spacial score (nSPS) is 26.3. The average Bonchev–Trinajstić information content (AvgIpc) is 2.68. The van der Waals surface area contributed by atoms with Crippen molar-refractivity contribution >= 4 is 17.4 Å². The number of nitrogens with zero attached hydrogens (tertiary/aromatic N) is 2. The number of nitrogen functional groups attached to an aromatic ring is 1. The van der Waals surface area contributed by atoms with Crippen LogP contribution in [0.2, 0.25) is 0 Å². The average molecular weight is 248 g/mol. The van der Waals surface area contributed by atoms with Crippen LogP contribution in [0.5, 0.6) is 0 Å². The third-order valence-corrected chi connectivity index (χ3v) is 3.50. The summed E-state index contributed by atoms with van der Waals surface area (Å²) >= 11 is 0. The van der Waals surface area contributed by atoms with E-state index in [2.05, 4.69) is 9.88 Å². The van der Waals surface area contributed by atoms with Gasteiger partial charge >= 0.3 is 0 Å². The summed E-state index contributed by atoms with van der Waals surface area (Å²) in [7, 11) is 0. The summed E-state index contributed by atoms with van der Waals surface area (Å²) in [6, 6.07) is 3.23. The molecule has 0 aromatic carbocycles. The van der Waals surface area contributed by atoms with Gasteiger partial charge in [-0.25, -0.2) is 4.98 Å².